The molecule has 0 spiro atoms. The van der Waals surface area contributed by atoms with E-state index in [1.165, 1.54) is 0 Å². The molecule has 194 valence electrons. The third-order valence-electron chi connectivity index (χ3n) is 6.21. The summed E-state index contributed by atoms with van der Waals surface area (Å²) in [6, 6.07) is 13.1. The lowest BCUT2D eigenvalue weighted by atomic mass is 10.1. The number of hydrogen-bond donors (Lipinski definition) is 2. The number of thiocarbonyl (C=S) groups is 1. The van der Waals surface area contributed by atoms with E-state index < -0.39 is 0 Å². The second-order valence-corrected chi connectivity index (χ2v) is 8.77. The van der Waals surface area contributed by atoms with Gasteiger partial charge in [0.25, 0.3) is 5.56 Å². The van der Waals surface area contributed by atoms with Crippen LogP contribution in [-0.4, -0.2) is 67.4 Å². The highest BCUT2D eigenvalue weighted by atomic mass is 32.1. The molecule has 0 aliphatic carbocycles. The number of methoxy groups -OCH3 is 3. The number of nitrogens with one attached hydrogen (secondary N) is 2. The largest absolute Gasteiger partial charge is 0.497 e. The fourth-order valence-corrected chi connectivity index (χ4v) is 4.33. The smallest absolute Gasteiger partial charge is 0.253 e. The van der Waals surface area contributed by atoms with E-state index in [2.05, 4.69) is 29.0 Å². The Morgan fingerprint density at radius 1 is 0.944 bits per heavy atom. The number of anilines is 1. The molecule has 0 aliphatic heterocycles. The molecule has 1 heterocycles. The Balaban J connectivity index is 1.86. The number of pyridine rings is 1. The molecule has 0 saturated heterocycles. The molecule has 0 radical (unpaired) electrons. The van der Waals surface area contributed by atoms with Crippen LogP contribution in [0, 0.1) is 0 Å². The summed E-state index contributed by atoms with van der Waals surface area (Å²) in [5, 5.41) is 4.73. The summed E-state index contributed by atoms with van der Waals surface area (Å²) in [6.45, 7) is 8.37. The van der Waals surface area contributed by atoms with Crippen molar-refractivity contribution >= 4 is 33.9 Å². The highest BCUT2D eigenvalue weighted by Gasteiger charge is 2.16. The van der Waals surface area contributed by atoms with Gasteiger partial charge in [0.2, 0.25) is 0 Å². The zero-order valence-electron chi connectivity index (χ0n) is 21.7. The first kappa shape index (κ1) is 27.3. The van der Waals surface area contributed by atoms with E-state index in [4.69, 9.17) is 26.4 Å². The second kappa shape index (κ2) is 13.1. The summed E-state index contributed by atoms with van der Waals surface area (Å²) in [6.07, 6.45) is 0.919. The predicted octanol–water partition coefficient (Wildman–Crippen LogP) is 4.48. The molecule has 0 bridgehead atoms. The number of aromatic nitrogens is 1. The van der Waals surface area contributed by atoms with Gasteiger partial charge >= 0.3 is 0 Å². The Kier molecular flexibility index (Phi) is 9.95. The number of benzene rings is 2. The van der Waals surface area contributed by atoms with Gasteiger partial charge in [0.1, 0.15) is 5.75 Å². The van der Waals surface area contributed by atoms with Crippen molar-refractivity contribution in [1.82, 2.24) is 14.8 Å². The minimum absolute atomic E-state index is 0.157. The maximum absolute atomic E-state index is 13.0. The van der Waals surface area contributed by atoms with E-state index in [-0.39, 0.29) is 5.56 Å². The number of H-pyrrole nitrogens is 1. The van der Waals surface area contributed by atoms with Gasteiger partial charge in [-0.15, -0.1) is 0 Å². The van der Waals surface area contributed by atoms with Gasteiger partial charge in [0, 0.05) is 29.2 Å². The number of rotatable bonds is 12. The molecule has 2 N–H and O–H groups in total. The minimum Gasteiger partial charge on any atom is -0.497 e. The number of fused-ring (bicyclic) bond motifs is 1. The van der Waals surface area contributed by atoms with E-state index in [1.54, 1.807) is 27.4 Å². The summed E-state index contributed by atoms with van der Waals surface area (Å²) >= 11 is 5.79. The van der Waals surface area contributed by atoms with Crippen LogP contribution in [0.5, 0.6) is 17.2 Å². The second-order valence-electron chi connectivity index (χ2n) is 8.38. The topological polar surface area (TPSA) is 79.1 Å². The lowest BCUT2D eigenvalue weighted by molar-refractivity contribution is 0.281. The van der Waals surface area contributed by atoms with E-state index in [0.717, 1.165) is 42.9 Å². The molecule has 0 unspecified atom stereocenters. The summed E-state index contributed by atoms with van der Waals surface area (Å²) in [4.78, 5) is 20.4. The van der Waals surface area contributed by atoms with Gasteiger partial charge < -0.3 is 34.3 Å². The van der Waals surface area contributed by atoms with Gasteiger partial charge in [-0.3, -0.25) is 4.79 Å². The van der Waals surface area contributed by atoms with Gasteiger partial charge in [-0.1, -0.05) is 13.8 Å². The SMILES string of the molecule is CCN(CC)CCCN(Cc1cc2cc(OC)c(OC)cc2[nH]c1=O)C(=S)Nc1ccc(OC)cc1. The monoisotopic (exact) mass is 512 g/mol. The number of hydrogen-bond acceptors (Lipinski definition) is 6. The lowest BCUT2D eigenvalue weighted by Crippen LogP contribution is -2.38. The van der Waals surface area contributed by atoms with Crippen LogP contribution in [-0.2, 0) is 6.54 Å². The quantitative estimate of drug-likeness (QED) is 0.344. The minimum atomic E-state index is -0.157. The maximum Gasteiger partial charge on any atom is 0.253 e. The van der Waals surface area contributed by atoms with Crippen molar-refractivity contribution in [2.24, 2.45) is 0 Å². The first-order chi connectivity index (χ1) is 17.4. The van der Waals surface area contributed by atoms with E-state index >= 15 is 0 Å². The molecule has 9 heteroatoms. The van der Waals surface area contributed by atoms with Crippen molar-refractivity contribution in [2.45, 2.75) is 26.8 Å². The molecule has 0 amide bonds. The average molecular weight is 513 g/mol. The number of nitrogens with zero attached hydrogens (tertiary/aromatic N) is 2. The molecule has 3 rings (SSSR count). The lowest BCUT2D eigenvalue weighted by Gasteiger charge is -2.27. The van der Waals surface area contributed by atoms with Crippen LogP contribution in [0.3, 0.4) is 0 Å². The van der Waals surface area contributed by atoms with Crippen molar-refractivity contribution in [3.63, 3.8) is 0 Å². The molecule has 0 saturated carbocycles. The standard InChI is InChI=1S/C27H36N4O4S/c1-6-30(7-2)13-8-14-31(27(36)28-21-9-11-22(33-3)12-10-21)18-20-15-19-16-24(34-4)25(35-5)17-23(19)29-26(20)32/h9-12,15-17H,6-8,13-14,18H2,1-5H3,(H,28,36)(H,29,32). The van der Waals surface area contributed by atoms with Gasteiger partial charge in [-0.2, -0.15) is 0 Å². The molecule has 0 atom stereocenters. The van der Waals surface area contributed by atoms with Crippen LogP contribution in [0.4, 0.5) is 5.69 Å². The van der Waals surface area contributed by atoms with Crippen LogP contribution in [0.15, 0.2) is 47.3 Å². The third kappa shape index (κ3) is 6.89. The summed E-state index contributed by atoms with van der Waals surface area (Å²) in [5.74, 6) is 1.95. The van der Waals surface area contributed by atoms with Crippen molar-refractivity contribution in [3.05, 3.63) is 58.4 Å². The summed E-state index contributed by atoms with van der Waals surface area (Å²) in [7, 11) is 4.80. The first-order valence-corrected chi connectivity index (χ1v) is 12.5. The molecule has 36 heavy (non-hydrogen) atoms. The molecule has 0 aliphatic rings. The Morgan fingerprint density at radius 2 is 1.61 bits per heavy atom. The zero-order valence-corrected chi connectivity index (χ0v) is 22.5. The third-order valence-corrected chi connectivity index (χ3v) is 6.57. The van der Waals surface area contributed by atoms with Crippen LogP contribution in [0.1, 0.15) is 25.8 Å². The van der Waals surface area contributed by atoms with Crippen LogP contribution >= 0.6 is 12.2 Å². The fourth-order valence-electron chi connectivity index (χ4n) is 4.06. The molecule has 8 nitrogen and oxygen atoms in total. The number of aromatic amines is 1. The van der Waals surface area contributed by atoms with Crippen LogP contribution in [0.2, 0.25) is 0 Å². The molecule has 3 aromatic rings. The van der Waals surface area contributed by atoms with Gasteiger partial charge in [0.05, 0.1) is 33.4 Å². The van der Waals surface area contributed by atoms with E-state index in [1.807, 2.05) is 41.3 Å². The van der Waals surface area contributed by atoms with Crippen LogP contribution in [0.25, 0.3) is 10.9 Å². The average Bonchev–Trinajstić information content (AvgIpc) is 2.90. The highest BCUT2D eigenvalue weighted by Crippen LogP contribution is 2.31. The van der Waals surface area contributed by atoms with E-state index in [0.29, 0.717) is 40.8 Å². The molecule has 2 aromatic carbocycles. The normalized spacial score (nSPS) is 10.9. The maximum atomic E-state index is 13.0. The van der Waals surface area contributed by atoms with Crippen molar-refractivity contribution in [2.75, 3.05) is 52.8 Å². The van der Waals surface area contributed by atoms with Gasteiger partial charge in [-0.05, 0) is 74.7 Å². The number of ether oxygens (including phenoxy) is 3. The summed E-state index contributed by atoms with van der Waals surface area (Å²) in [5.41, 5.74) is 2.01. The molecular weight excluding hydrogens is 476 g/mol. The molecular formula is C27H36N4O4S. The van der Waals surface area contributed by atoms with Crippen molar-refractivity contribution < 1.29 is 14.2 Å². The molecule has 1 aromatic heterocycles. The van der Waals surface area contributed by atoms with Crippen molar-refractivity contribution in [3.8, 4) is 17.2 Å². The zero-order chi connectivity index (χ0) is 26.1. The predicted molar refractivity (Wildman–Crippen MR) is 150 cm³/mol. The first-order valence-electron chi connectivity index (χ1n) is 12.1. The van der Waals surface area contributed by atoms with Gasteiger partial charge in [0.15, 0.2) is 16.6 Å². The fraction of sp³-hybridized carbons (Fsp3) is 0.407. The Morgan fingerprint density at radius 3 is 2.22 bits per heavy atom. The molecule has 0 fully saturated rings. The van der Waals surface area contributed by atoms with Gasteiger partial charge in [-0.25, -0.2) is 0 Å². The Hall–Kier alpha value is -3.30. The highest BCUT2D eigenvalue weighted by molar-refractivity contribution is 7.80. The van der Waals surface area contributed by atoms with Crippen LogP contribution < -0.4 is 25.1 Å². The van der Waals surface area contributed by atoms with Crippen molar-refractivity contribution in [1.29, 1.82) is 0 Å². The van der Waals surface area contributed by atoms with E-state index in [9.17, 15) is 4.79 Å². The summed E-state index contributed by atoms with van der Waals surface area (Å²) < 4.78 is 16.1. The Bertz CT molecular complexity index is 1210. The Labute approximate surface area is 218 Å².